The molecule has 104 valence electrons. The number of hydrogen-bond acceptors (Lipinski definition) is 6. The van der Waals surface area contributed by atoms with Crippen molar-refractivity contribution in [2.24, 2.45) is 0 Å². The van der Waals surface area contributed by atoms with E-state index in [1.54, 1.807) is 31.3 Å². The topological polar surface area (TPSA) is 79.6 Å². The van der Waals surface area contributed by atoms with E-state index in [9.17, 15) is 9.59 Å². The molecule has 0 N–H and O–H groups in total. The molecule has 1 aliphatic rings. The molecule has 1 aromatic carbocycles. The Kier molecular flexibility index (Phi) is 4.60. The van der Waals surface area contributed by atoms with Gasteiger partial charge >= 0.3 is 19.1 Å². The fraction of sp³-hybridized carbons (Fsp3) is 0.214. The maximum absolute atomic E-state index is 11.5. The fourth-order valence-corrected chi connectivity index (χ4v) is 1.70. The van der Waals surface area contributed by atoms with Crippen LogP contribution in [0.1, 0.15) is 11.1 Å². The molecular formula is C14H11BN2O4. The minimum absolute atomic E-state index is 0.00278. The highest BCUT2D eigenvalue weighted by Gasteiger charge is 2.30. The summed E-state index contributed by atoms with van der Waals surface area (Å²) in [6.45, 7) is -0.00556. The molecular weight excluding hydrogens is 271 g/mol. The molecule has 1 fully saturated rings. The summed E-state index contributed by atoms with van der Waals surface area (Å²) in [5.74, 6) is 4.25. The monoisotopic (exact) mass is 282 g/mol. The van der Waals surface area contributed by atoms with Crippen LogP contribution in [0.2, 0.25) is 0 Å². The molecule has 0 spiro atoms. The van der Waals surface area contributed by atoms with Gasteiger partial charge in [0.25, 0.3) is 0 Å². The number of likely N-dealkylation sites (N-methyl/N-ethyl adjacent to an activating group) is 1. The van der Waals surface area contributed by atoms with Crippen LogP contribution in [0, 0.1) is 23.1 Å². The summed E-state index contributed by atoms with van der Waals surface area (Å²) in [6, 6.07) is 8.63. The molecule has 0 aliphatic carbocycles. The van der Waals surface area contributed by atoms with Gasteiger partial charge in [0.2, 0.25) is 0 Å². The van der Waals surface area contributed by atoms with Gasteiger partial charge in [0, 0.05) is 5.56 Å². The van der Waals surface area contributed by atoms with Crippen LogP contribution >= 0.6 is 0 Å². The Morgan fingerprint density at radius 3 is 2.43 bits per heavy atom. The highest BCUT2D eigenvalue weighted by atomic mass is 16.6. The van der Waals surface area contributed by atoms with E-state index in [1.165, 1.54) is 4.90 Å². The van der Waals surface area contributed by atoms with E-state index < -0.39 is 19.1 Å². The first-order chi connectivity index (χ1) is 10.1. The third kappa shape index (κ3) is 4.38. The number of carbonyl (C=O) groups is 2. The molecule has 0 unspecified atom stereocenters. The van der Waals surface area contributed by atoms with Crippen molar-refractivity contribution in [3.63, 3.8) is 0 Å². The quantitative estimate of drug-likeness (QED) is 0.491. The second-order valence-corrected chi connectivity index (χ2v) is 4.45. The van der Waals surface area contributed by atoms with Gasteiger partial charge < -0.3 is 9.31 Å². The maximum atomic E-state index is 11.5. The highest BCUT2D eigenvalue weighted by Crippen LogP contribution is 2.03. The number of nitriles is 1. The van der Waals surface area contributed by atoms with Gasteiger partial charge in [-0.3, -0.25) is 14.5 Å². The molecule has 7 heteroatoms. The van der Waals surface area contributed by atoms with Crippen molar-refractivity contribution >= 4 is 19.1 Å². The Bertz CT molecular complexity index is 652. The highest BCUT2D eigenvalue weighted by molar-refractivity contribution is 6.58. The number of rotatable bonds is 0. The minimum Gasteiger partial charge on any atom is -0.487 e. The average molecular weight is 282 g/mol. The van der Waals surface area contributed by atoms with Gasteiger partial charge in [-0.2, -0.15) is 5.26 Å². The van der Waals surface area contributed by atoms with Crippen LogP contribution in [0.4, 0.5) is 0 Å². The maximum Gasteiger partial charge on any atom is 0.694 e. The second kappa shape index (κ2) is 6.60. The number of nitrogens with zero attached hydrogens (tertiary/aromatic N) is 2. The molecule has 21 heavy (non-hydrogen) atoms. The molecule has 2 rings (SSSR count). The Morgan fingerprint density at radius 2 is 1.81 bits per heavy atom. The lowest BCUT2D eigenvalue weighted by Crippen LogP contribution is -2.42. The lowest BCUT2D eigenvalue weighted by atomic mass is 9.90. The number of hydrogen-bond donors (Lipinski definition) is 0. The van der Waals surface area contributed by atoms with Gasteiger partial charge in [-0.1, -0.05) is 12.0 Å². The molecule has 1 saturated heterocycles. The van der Waals surface area contributed by atoms with Gasteiger partial charge in [0.05, 0.1) is 24.7 Å². The molecule has 1 heterocycles. The largest absolute Gasteiger partial charge is 0.694 e. The van der Waals surface area contributed by atoms with Crippen LogP contribution in [0.3, 0.4) is 0 Å². The Labute approximate surface area is 122 Å². The van der Waals surface area contributed by atoms with E-state index >= 15 is 0 Å². The van der Waals surface area contributed by atoms with Crippen LogP contribution in [0.15, 0.2) is 24.3 Å². The molecule has 0 radical (unpaired) electrons. The second-order valence-electron chi connectivity index (χ2n) is 4.45. The van der Waals surface area contributed by atoms with Gasteiger partial charge in [0.1, 0.15) is 0 Å². The zero-order valence-corrected chi connectivity index (χ0v) is 11.3. The summed E-state index contributed by atoms with van der Waals surface area (Å²) >= 11 is 0. The van der Waals surface area contributed by atoms with Crippen LogP contribution < -0.4 is 0 Å². The van der Waals surface area contributed by atoms with Gasteiger partial charge in [-0.25, -0.2) is 0 Å². The molecule has 0 amide bonds. The zero-order chi connectivity index (χ0) is 15.2. The average Bonchev–Trinajstić information content (AvgIpc) is 2.43. The first-order valence-electron chi connectivity index (χ1n) is 6.16. The Morgan fingerprint density at radius 1 is 1.19 bits per heavy atom. The lowest BCUT2D eigenvalue weighted by Gasteiger charge is -2.20. The van der Waals surface area contributed by atoms with E-state index in [0.717, 1.165) is 0 Å². The van der Waals surface area contributed by atoms with E-state index in [1.807, 2.05) is 6.07 Å². The van der Waals surface area contributed by atoms with Gasteiger partial charge in [-0.05, 0) is 31.1 Å². The van der Waals surface area contributed by atoms with Crippen LogP contribution in [0.5, 0.6) is 0 Å². The van der Waals surface area contributed by atoms with Crippen molar-refractivity contribution in [3.05, 3.63) is 35.4 Å². The summed E-state index contributed by atoms with van der Waals surface area (Å²) in [5.41, 5.74) is 1.04. The molecule has 6 nitrogen and oxygen atoms in total. The third-order valence-electron chi connectivity index (χ3n) is 2.60. The van der Waals surface area contributed by atoms with Crippen LogP contribution in [-0.2, 0) is 18.9 Å². The predicted molar refractivity (Wildman–Crippen MR) is 73.5 cm³/mol. The van der Waals surface area contributed by atoms with Crippen molar-refractivity contribution < 1.29 is 18.9 Å². The normalized spacial score (nSPS) is 15.7. The van der Waals surface area contributed by atoms with Crippen molar-refractivity contribution in [1.29, 1.82) is 5.26 Å². The molecule has 0 atom stereocenters. The lowest BCUT2D eigenvalue weighted by molar-refractivity contribution is -0.145. The summed E-state index contributed by atoms with van der Waals surface area (Å²) in [7, 11) is 0.381. The smallest absolute Gasteiger partial charge is 0.487 e. The van der Waals surface area contributed by atoms with E-state index in [0.29, 0.717) is 11.1 Å². The van der Waals surface area contributed by atoms with E-state index in [4.69, 9.17) is 14.6 Å². The Balaban J connectivity index is 2.14. The van der Waals surface area contributed by atoms with Crippen LogP contribution in [-0.4, -0.2) is 44.1 Å². The number of benzene rings is 1. The molecule has 1 aromatic rings. The zero-order valence-electron chi connectivity index (χ0n) is 11.3. The first kappa shape index (κ1) is 14.6. The van der Waals surface area contributed by atoms with Crippen molar-refractivity contribution in [1.82, 2.24) is 4.90 Å². The number of carbonyl (C=O) groups excluding carboxylic acids is 2. The fourth-order valence-electron chi connectivity index (χ4n) is 1.70. The van der Waals surface area contributed by atoms with E-state index in [-0.39, 0.29) is 13.1 Å². The van der Waals surface area contributed by atoms with Gasteiger partial charge in [-0.15, -0.1) is 0 Å². The molecule has 1 aliphatic heterocycles. The summed E-state index contributed by atoms with van der Waals surface area (Å²) in [6.07, 6.45) is 0. The molecule has 0 bridgehead atoms. The molecule has 0 saturated carbocycles. The predicted octanol–water partition coefficient (Wildman–Crippen LogP) is -0.0310. The van der Waals surface area contributed by atoms with Crippen molar-refractivity contribution in [2.75, 3.05) is 20.1 Å². The molecule has 0 aromatic heterocycles. The Hall–Kier alpha value is -2.77. The summed E-state index contributed by atoms with van der Waals surface area (Å²) < 4.78 is 9.90. The third-order valence-corrected chi connectivity index (χ3v) is 2.60. The van der Waals surface area contributed by atoms with E-state index in [2.05, 4.69) is 11.7 Å². The van der Waals surface area contributed by atoms with Crippen LogP contribution in [0.25, 0.3) is 0 Å². The summed E-state index contributed by atoms with van der Waals surface area (Å²) in [4.78, 5) is 24.5. The standard InChI is InChI=1S/C14H11BN2O4/c1-17-9-13(18)20-15(21-14(19)10-17)6-5-11-3-2-4-12(7-11)8-16/h2-4,7H,9-10H2,1H3. The van der Waals surface area contributed by atoms with Crippen molar-refractivity contribution in [3.8, 4) is 17.8 Å². The van der Waals surface area contributed by atoms with Crippen molar-refractivity contribution in [2.45, 2.75) is 0 Å². The minimum atomic E-state index is -1.23. The summed E-state index contributed by atoms with van der Waals surface area (Å²) in [5, 5.41) is 8.80. The SMILES string of the molecule is CN1CC(=O)OB(C#Cc2cccc(C#N)c2)OC(=O)C1. The van der Waals surface area contributed by atoms with Gasteiger partial charge in [0.15, 0.2) is 0 Å². The first-order valence-corrected chi connectivity index (χ1v) is 6.16.